The summed E-state index contributed by atoms with van der Waals surface area (Å²) in [4.78, 5) is 12.0. The van der Waals surface area contributed by atoms with E-state index < -0.39 is 0 Å². The molecule has 1 aliphatic rings. The number of hydrogen-bond donors (Lipinski definition) is 1. The van der Waals surface area contributed by atoms with E-state index in [9.17, 15) is 4.79 Å². The zero-order valence-corrected chi connectivity index (χ0v) is 9.68. The molecule has 0 saturated heterocycles. The third-order valence-electron chi connectivity index (χ3n) is 2.86. The third kappa shape index (κ3) is 2.21. The summed E-state index contributed by atoms with van der Waals surface area (Å²) in [6.45, 7) is 2.58. The highest BCUT2D eigenvalue weighted by Crippen LogP contribution is 2.22. The van der Waals surface area contributed by atoms with E-state index in [1.165, 1.54) is 0 Å². The molecule has 1 aromatic heterocycles. The number of nitriles is 1. The fourth-order valence-electron chi connectivity index (χ4n) is 1.95. The van der Waals surface area contributed by atoms with Crippen molar-refractivity contribution in [2.45, 2.75) is 26.3 Å². The van der Waals surface area contributed by atoms with Crippen LogP contribution in [-0.4, -0.2) is 15.7 Å². The van der Waals surface area contributed by atoms with E-state index in [4.69, 9.17) is 5.26 Å². The second-order valence-corrected chi connectivity index (χ2v) is 3.90. The minimum Gasteiger partial charge on any atom is -0.323 e. The van der Waals surface area contributed by atoms with Gasteiger partial charge in [-0.25, -0.2) is 0 Å². The normalized spacial score (nSPS) is 18.6. The van der Waals surface area contributed by atoms with Crippen molar-refractivity contribution < 1.29 is 4.79 Å². The Morgan fingerprint density at radius 2 is 2.59 bits per heavy atom. The lowest BCUT2D eigenvalue weighted by Gasteiger charge is -2.10. The number of amides is 1. The van der Waals surface area contributed by atoms with Gasteiger partial charge in [0.15, 0.2) is 0 Å². The van der Waals surface area contributed by atoms with Gasteiger partial charge in [0, 0.05) is 18.4 Å². The summed E-state index contributed by atoms with van der Waals surface area (Å²) in [6, 6.07) is 3.86. The molecule has 1 N–H and O–H groups in total. The Balaban J connectivity index is 2.10. The van der Waals surface area contributed by atoms with Crippen LogP contribution >= 0.6 is 0 Å². The highest BCUT2D eigenvalue weighted by Gasteiger charge is 2.22. The van der Waals surface area contributed by atoms with Crippen LogP contribution < -0.4 is 5.32 Å². The largest absolute Gasteiger partial charge is 0.323 e. The predicted octanol–water partition coefficient (Wildman–Crippen LogP) is 1.45. The smallest absolute Gasteiger partial charge is 0.273 e. The third-order valence-corrected chi connectivity index (χ3v) is 2.86. The van der Waals surface area contributed by atoms with Crippen LogP contribution in [0.2, 0.25) is 0 Å². The van der Waals surface area contributed by atoms with Crippen molar-refractivity contribution >= 4 is 5.91 Å². The molecule has 0 saturated carbocycles. The summed E-state index contributed by atoms with van der Waals surface area (Å²) in [5, 5.41) is 15.8. The fourth-order valence-corrected chi connectivity index (χ4v) is 1.95. The molecule has 0 aliphatic heterocycles. The standard InChI is InChI=1S/C12H14N4O/c1-2-16-11(6-7-14-16)12(17)15-10-5-3-4-9(10)8-13/h5-7,9H,2-4H2,1H3,(H,15,17). The maximum absolute atomic E-state index is 12.0. The van der Waals surface area contributed by atoms with Gasteiger partial charge in [0.2, 0.25) is 0 Å². The molecule has 1 aromatic rings. The average Bonchev–Trinajstić information content (AvgIpc) is 2.96. The first-order chi connectivity index (χ1) is 8.26. The molecular formula is C12H14N4O. The van der Waals surface area contributed by atoms with E-state index in [0.717, 1.165) is 18.5 Å². The lowest BCUT2D eigenvalue weighted by atomic mass is 10.1. The fraction of sp³-hybridized carbons (Fsp3) is 0.417. The van der Waals surface area contributed by atoms with Gasteiger partial charge in [0.05, 0.1) is 12.0 Å². The SMILES string of the molecule is CCn1nccc1C(=O)NC1=CCCC1C#N. The number of aryl methyl sites for hydroxylation is 1. The van der Waals surface area contributed by atoms with Crippen LogP contribution in [-0.2, 0) is 6.54 Å². The van der Waals surface area contributed by atoms with Gasteiger partial charge in [-0.05, 0) is 25.8 Å². The molecule has 0 radical (unpaired) electrons. The minimum absolute atomic E-state index is 0.183. The average molecular weight is 230 g/mol. The summed E-state index contributed by atoms with van der Waals surface area (Å²) in [5.41, 5.74) is 1.25. The van der Waals surface area contributed by atoms with Crippen molar-refractivity contribution in [2.75, 3.05) is 0 Å². The van der Waals surface area contributed by atoms with Crippen molar-refractivity contribution in [3.8, 4) is 6.07 Å². The Morgan fingerprint density at radius 1 is 1.76 bits per heavy atom. The van der Waals surface area contributed by atoms with Crippen LogP contribution in [0.5, 0.6) is 0 Å². The van der Waals surface area contributed by atoms with Crippen molar-refractivity contribution in [1.29, 1.82) is 5.26 Å². The van der Waals surface area contributed by atoms with Gasteiger partial charge in [0.25, 0.3) is 5.91 Å². The first-order valence-electron chi connectivity index (χ1n) is 5.69. The van der Waals surface area contributed by atoms with Crippen LogP contribution in [0, 0.1) is 17.2 Å². The summed E-state index contributed by atoms with van der Waals surface area (Å²) < 4.78 is 1.63. The molecule has 1 aliphatic carbocycles. The van der Waals surface area contributed by atoms with Crippen molar-refractivity contribution in [2.24, 2.45) is 5.92 Å². The van der Waals surface area contributed by atoms with Crippen LogP contribution in [0.1, 0.15) is 30.3 Å². The molecule has 17 heavy (non-hydrogen) atoms. The Morgan fingerprint density at radius 3 is 3.29 bits per heavy atom. The van der Waals surface area contributed by atoms with E-state index in [1.807, 2.05) is 13.0 Å². The summed E-state index contributed by atoms with van der Waals surface area (Å²) in [5.74, 6) is -0.380. The number of hydrogen-bond acceptors (Lipinski definition) is 3. The van der Waals surface area contributed by atoms with Crippen LogP contribution in [0.3, 0.4) is 0 Å². The Hall–Kier alpha value is -2.09. The van der Waals surface area contributed by atoms with Gasteiger partial charge in [-0.15, -0.1) is 0 Å². The molecule has 1 atom stereocenters. The first-order valence-corrected chi connectivity index (χ1v) is 5.69. The number of nitrogens with one attached hydrogen (secondary N) is 1. The van der Waals surface area contributed by atoms with E-state index >= 15 is 0 Å². The number of carbonyl (C=O) groups is 1. The molecule has 1 unspecified atom stereocenters. The van der Waals surface area contributed by atoms with Gasteiger partial charge in [-0.1, -0.05) is 6.08 Å². The van der Waals surface area contributed by atoms with Crippen LogP contribution in [0.4, 0.5) is 0 Å². The highest BCUT2D eigenvalue weighted by molar-refractivity contribution is 5.93. The molecule has 0 bridgehead atoms. The highest BCUT2D eigenvalue weighted by atomic mass is 16.2. The second-order valence-electron chi connectivity index (χ2n) is 3.90. The van der Waals surface area contributed by atoms with Gasteiger partial charge in [-0.2, -0.15) is 10.4 Å². The maximum atomic E-state index is 12.0. The van der Waals surface area contributed by atoms with Gasteiger partial charge < -0.3 is 5.32 Å². The molecule has 5 heteroatoms. The van der Waals surface area contributed by atoms with Crippen LogP contribution in [0.25, 0.3) is 0 Å². The Bertz CT molecular complexity index is 495. The number of nitrogens with zero attached hydrogens (tertiary/aromatic N) is 3. The molecule has 0 spiro atoms. The Labute approximate surface area is 99.7 Å². The van der Waals surface area contributed by atoms with Gasteiger partial charge >= 0.3 is 0 Å². The second kappa shape index (κ2) is 4.83. The zero-order chi connectivity index (χ0) is 12.3. The van der Waals surface area contributed by atoms with Crippen molar-refractivity contribution in [3.63, 3.8) is 0 Å². The lowest BCUT2D eigenvalue weighted by Crippen LogP contribution is -2.27. The lowest BCUT2D eigenvalue weighted by molar-refractivity contribution is 0.0953. The monoisotopic (exact) mass is 230 g/mol. The molecule has 88 valence electrons. The summed E-state index contributed by atoms with van der Waals surface area (Å²) >= 11 is 0. The minimum atomic E-state index is -0.197. The quantitative estimate of drug-likeness (QED) is 0.854. The molecule has 0 fully saturated rings. The van der Waals surface area contributed by atoms with E-state index in [1.54, 1.807) is 16.9 Å². The number of rotatable bonds is 3. The number of allylic oxidation sites excluding steroid dienone is 2. The van der Waals surface area contributed by atoms with Crippen LogP contribution in [0.15, 0.2) is 24.0 Å². The Kier molecular flexibility index (Phi) is 3.24. The zero-order valence-electron chi connectivity index (χ0n) is 9.68. The summed E-state index contributed by atoms with van der Waals surface area (Å²) in [7, 11) is 0. The number of carbonyl (C=O) groups excluding carboxylic acids is 1. The van der Waals surface area contributed by atoms with E-state index in [2.05, 4.69) is 16.5 Å². The number of aromatic nitrogens is 2. The predicted molar refractivity (Wildman–Crippen MR) is 61.8 cm³/mol. The van der Waals surface area contributed by atoms with Crippen molar-refractivity contribution in [3.05, 3.63) is 29.7 Å². The molecule has 2 rings (SSSR count). The summed E-state index contributed by atoms with van der Waals surface area (Å²) in [6.07, 6.45) is 5.15. The van der Waals surface area contributed by atoms with Crippen molar-refractivity contribution in [1.82, 2.24) is 15.1 Å². The topological polar surface area (TPSA) is 70.7 Å². The van der Waals surface area contributed by atoms with Gasteiger partial charge in [-0.3, -0.25) is 9.48 Å². The molecule has 1 amide bonds. The molecule has 5 nitrogen and oxygen atoms in total. The van der Waals surface area contributed by atoms with E-state index in [0.29, 0.717) is 12.2 Å². The maximum Gasteiger partial charge on any atom is 0.273 e. The van der Waals surface area contributed by atoms with Gasteiger partial charge in [0.1, 0.15) is 5.69 Å². The molecule has 1 heterocycles. The van der Waals surface area contributed by atoms with E-state index in [-0.39, 0.29) is 11.8 Å². The first kappa shape index (κ1) is 11.4. The molecule has 0 aromatic carbocycles. The molecular weight excluding hydrogens is 216 g/mol.